The number of nitrogens with one attached hydrogen (secondary N) is 2. The number of para-hydroxylation sites is 2. The average molecular weight is 521 g/mol. The summed E-state index contributed by atoms with van der Waals surface area (Å²) >= 11 is 0. The Hall–Kier alpha value is -2.30. The van der Waals surface area contributed by atoms with E-state index < -0.39 is 11.6 Å². The summed E-state index contributed by atoms with van der Waals surface area (Å²) in [6, 6.07) is 10.6. The molecule has 0 aliphatic rings. The van der Waals surface area contributed by atoms with Gasteiger partial charge in [0.2, 0.25) is 0 Å². The van der Waals surface area contributed by atoms with Gasteiger partial charge in [0, 0.05) is 13.1 Å². The third-order valence-corrected chi connectivity index (χ3v) is 3.72. The number of aliphatic imine (C=N–C) groups is 1. The van der Waals surface area contributed by atoms with Crippen LogP contribution in [0.5, 0.6) is 17.2 Å². The highest BCUT2D eigenvalue weighted by Gasteiger charge is 2.09. The lowest BCUT2D eigenvalue weighted by Gasteiger charge is -2.19. The second kappa shape index (κ2) is 13.0. The van der Waals surface area contributed by atoms with Crippen LogP contribution in [0, 0.1) is 11.6 Å². The molecule has 0 aliphatic heterocycles. The van der Waals surface area contributed by atoms with Crippen molar-refractivity contribution in [2.45, 2.75) is 13.0 Å². The van der Waals surface area contributed by atoms with E-state index >= 15 is 0 Å². The van der Waals surface area contributed by atoms with Gasteiger partial charge in [0.05, 0.1) is 20.2 Å². The van der Waals surface area contributed by atoms with Crippen LogP contribution >= 0.6 is 24.0 Å². The maximum Gasteiger partial charge on any atom is 0.191 e. The zero-order chi connectivity index (χ0) is 20.4. The highest BCUT2D eigenvalue weighted by atomic mass is 127. The van der Waals surface area contributed by atoms with Crippen molar-refractivity contribution in [3.8, 4) is 17.2 Å². The number of guanidine groups is 1. The minimum atomic E-state index is -0.732. The van der Waals surface area contributed by atoms with E-state index in [2.05, 4.69) is 15.6 Å². The van der Waals surface area contributed by atoms with Crippen LogP contribution in [0.2, 0.25) is 0 Å². The van der Waals surface area contributed by atoms with Gasteiger partial charge in [-0.25, -0.2) is 8.78 Å². The molecule has 2 rings (SSSR count). The zero-order valence-electron chi connectivity index (χ0n) is 16.6. The number of ether oxygens (including phenoxy) is 3. The van der Waals surface area contributed by atoms with E-state index in [0.717, 1.165) is 12.1 Å². The van der Waals surface area contributed by atoms with Crippen LogP contribution in [-0.2, 0) is 0 Å². The lowest BCUT2D eigenvalue weighted by molar-refractivity contribution is 0.213. The normalized spacial score (nSPS) is 11.8. The summed E-state index contributed by atoms with van der Waals surface area (Å²) in [6.07, 6.45) is -0.139. The lowest BCUT2D eigenvalue weighted by Crippen LogP contribution is -2.43. The van der Waals surface area contributed by atoms with Crippen molar-refractivity contribution < 1.29 is 23.0 Å². The first-order valence-electron chi connectivity index (χ1n) is 8.85. The average Bonchev–Trinajstić information content (AvgIpc) is 2.69. The Labute approximate surface area is 186 Å². The van der Waals surface area contributed by atoms with Gasteiger partial charge in [-0.2, -0.15) is 0 Å². The number of hydrogen-bond acceptors (Lipinski definition) is 4. The zero-order valence-corrected chi connectivity index (χ0v) is 18.9. The van der Waals surface area contributed by atoms with E-state index in [1.165, 1.54) is 6.07 Å². The molecule has 6 nitrogen and oxygen atoms in total. The van der Waals surface area contributed by atoms with Gasteiger partial charge in [0.15, 0.2) is 29.0 Å². The third kappa shape index (κ3) is 8.30. The molecule has 2 aromatic rings. The van der Waals surface area contributed by atoms with Gasteiger partial charge < -0.3 is 24.8 Å². The summed E-state index contributed by atoms with van der Waals surface area (Å²) < 4.78 is 42.8. The van der Waals surface area contributed by atoms with E-state index in [1.807, 2.05) is 31.2 Å². The second-order valence-corrected chi connectivity index (χ2v) is 5.88. The third-order valence-electron chi connectivity index (χ3n) is 3.72. The van der Waals surface area contributed by atoms with Gasteiger partial charge in [0.1, 0.15) is 18.5 Å². The SMILES string of the molecule is CN=C(NCCOc1ccc(F)cc1F)NCC(C)Oc1ccccc1OC.I. The first kappa shape index (κ1) is 24.7. The Morgan fingerprint density at radius 3 is 2.45 bits per heavy atom. The number of rotatable bonds is 9. The number of benzene rings is 2. The Bertz CT molecular complexity index is 793. The fourth-order valence-corrected chi connectivity index (χ4v) is 2.36. The van der Waals surface area contributed by atoms with E-state index in [9.17, 15) is 8.78 Å². The first-order valence-corrected chi connectivity index (χ1v) is 8.85. The molecule has 0 fully saturated rings. The van der Waals surface area contributed by atoms with Crippen LogP contribution in [0.25, 0.3) is 0 Å². The maximum atomic E-state index is 13.5. The summed E-state index contributed by atoms with van der Waals surface area (Å²) in [7, 11) is 3.23. The number of methoxy groups -OCH3 is 1. The summed E-state index contributed by atoms with van der Waals surface area (Å²) in [6.45, 7) is 3.01. The standard InChI is InChI=1S/C20H25F2N3O3.HI/c1-14(28-19-7-5-4-6-18(19)26-3)13-25-20(23-2)24-10-11-27-17-9-8-15(21)12-16(17)22;/h4-9,12,14H,10-11,13H2,1-3H3,(H2,23,24,25);1H. The summed E-state index contributed by atoms with van der Waals surface area (Å²) in [5.41, 5.74) is 0. The van der Waals surface area contributed by atoms with Gasteiger partial charge in [-0.05, 0) is 31.2 Å². The molecule has 1 atom stereocenters. The molecule has 160 valence electrons. The predicted octanol–water partition coefficient (Wildman–Crippen LogP) is 3.60. The Morgan fingerprint density at radius 2 is 1.79 bits per heavy atom. The van der Waals surface area contributed by atoms with E-state index in [1.54, 1.807) is 14.2 Å². The van der Waals surface area contributed by atoms with Crippen molar-refractivity contribution in [2.75, 3.05) is 33.9 Å². The molecule has 0 saturated heterocycles. The fourth-order valence-electron chi connectivity index (χ4n) is 2.36. The number of hydrogen-bond donors (Lipinski definition) is 2. The Balaban J connectivity index is 0.00000420. The molecule has 0 heterocycles. The molecule has 0 aliphatic carbocycles. The molecule has 0 radical (unpaired) electrons. The van der Waals surface area contributed by atoms with Crippen molar-refractivity contribution in [1.82, 2.24) is 10.6 Å². The molecule has 0 spiro atoms. The molecule has 1 unspecified atom stereocenters. The Morgan fingerprint density at radius 1 is 1.07 bits per heavy atom. The van der Waals surface area contributed by atoms with Crippen LogP contribution < -0.4 is 24.8 Å². The molecule has 0 bridgehead atoms. The topological polar surface area (TPSA) is 64.1 Å². The molecule has 2 N–H and O–H groups in total. The molecular weight excluding hydrogens is 495 g/mol. The molecule has 0 amide bonds. The smallest absolute Gasteiger partial charge is 0.191 e. The highest BCUT2D eigenvalue weighted by molar-refractivity contribution is 14.0. The summed E-state index contributed by atoms with van der Waals surface area (Å²) in [5.74, 6) is 0.518. The van der Waals surface area contributed by atoms with Crippen molar-refractivity contribution in [1.29, 1.82) is 0 Å². The largest absolute Gasteiger partial charge is 0.493 e. The van der Waals surface area contributed by atoms with Gasteiger partial charge in [0.25, 0.3) is 0 Å². The summed E-state index contributed by atoms with van der Waals surface area (Å²) in [5, 5.41) is 6.19. The molecule has 29 heavy (non-hydrogen) atoms. The first-order chi connectivity index (χ1) is 13.5. The van der Waals surface area contributed by atoms with Crippen LogP contribution in [0.1, 0.15) is 6.92 Å². The lowest BCUT2D eigenvalue weighted by atomic mass is 10.3. The number of halogens is 3. The maximum absolute atomic E-state index is 13.5. The molecular formula is C20H26F2IN3O3. The van der Waals surface area contributed by atoms with Crippen molar-refractivity contribution in [3.63, 3.8) is 0 Å². The van der Waals surface area contributed by atoms with Gasteiger partial charge in [-0.1, -0.05) is 12.1 Å². The van der Waals surface area contributed by atoms with Gasteiger partial charge in [-0.3, -0.25) is 4.99 Å². The van der Waals surface area contributed by atoms with E-state index in [-0.39, 0.29) is 42.4 Å². The van der Waals surface area contributed by atoms with Crippen LogP contribution in [0.4, 0.5) is 8.78 Å². The molecule has 9 heteroatoms. The molecule has 0 saturated carbocycles. The van der Waals surface area contributed by atoms with E-state index in [4.69, 9.17) is 14.2 Å². The summed E-state index contributed by atoms with van der Waals surface area (Å²) in [4.78, 5) is 4.11. The highest BCUT2D eigenvalue weighted by Crippen LogP contribution is 2.26. The minimum Gasteiger partial charge on any atom is -0.493 e. The monoisotopic (exact) mass is 521 g/mol. The van der Waals surface area contributed by atoms with Crippen molar-refractivity contribution >= 4 is 29.9 Å². The van der Waals surface area contributed by atoms with Crippen LogP contribution in [0.3, 0.4) is 0 Å². The molecule has 0 aromatic heterocycles. The minimum absolute atomic E-state index is 0. The van der Waals surface area contributed by atoms with Crippen LogP contribution in [-0.4, -0.2) is 45.9 Å². The fraction of sp³-hybridized carbons (Fsp3) is 0.350. The Kier molecular flexibility index (Phi) is 11.1. The molecule has 2 aromatic carbocycles. The van der Waals surface area contributed by atoms with Gasteiger partial charge >= 0.3 is 0 Å². The van der Waals surface area contributed by atoms with Crippen molar-refractivity contribution in [2.24, 2.45) is 4.99 Å². The predicted molar refractivity (Wildman–Crippen MR) is 120 cm³/mol. The van der Waals surface area contributed by atoms with Crippen molar-refractivity contribution in [3.05, 3.63) is 54.1 Å². The number of nitrogens with zero attached hydrogens (tertiary/aromatic N) is 1. The quantitative estimate of drug-likeness (QED) is 0.229. The second-order valence-electron chi connectivity index (χ2n) is 5.88. The van der Waals surface area contributed by atoms with E-state index in [0.29, 0.717) is 30.5 Å². The van der Waals surface area contributed by atoms with Crippen LogP contribution in [0.15, 0.2) is 47.5 Å². The van der Waals surface area contributed by atoms with Gasteiger partial charge in [-0.15, -0.1) is 24.0 Å².